The van der Waals surface area contributed by atoms with E-state index in [-0.39, 0.29) is 5.57 Å². The topological polar surface area (TPSA) is 75.7 Å². The molecule has 0 unspecified atom stereocenters. The van der Waals surface area contributed by atoms with Crippen molar-refractivity contribution in [2.75, 3.05) is 5.01 Å². The van der Waals surface area contributed by atoms with Crippen molar-refractivity contribution in [3.05, 3.63) is 64.1 Å². The Morgan fingerprint density at radius 3 is 2.52 bits per heavy atom. The van der Waals surface area contributed by atoms with Crippen LogP contribution in [0.25, 0.3) is 6.08 Å². The molecule has 0 aliphatic carbocycles. The number of hydrazine groups is 1. The van der Waals surface area contributed by atoms with Gasteiger partial charge in [0.15, 0.2) is 0 Å². The molecule has 126 valence electrons. The fraction of sp³-hybridized carbons (Fsp3) is 0.0556. The number of carbonyl (C=O) groups excluding carboxylic acids is 3. The van der Waals surface area contributed by atoms with Crippen LogP contribution in [0.1, 0.15) is 12.5 Å². The van der Waals surface area contributed by atoms with Crippen molar-refractivity contribution in [2.45, 2.75) is 6.92 Å². The molecule has 0 saturated carbocycles. The number of nitrogens with zero attached hydrogens (tertiary/aromatic N) is 1. The van der Waals surface area contributed by atoms with E-state index in [1.807, 2.05) is 6.07 Å². The molecule has 25 heavy (non-hydrogen) atoms. The summed E-state index contributed by atoms with van der Waals surface area (Å²) in [5.74, 6) is -0.983. The number of amides is 2. The van der Waals surface area contributed by atoms with Gasteiger partial charge in [-0.2, -0.15) is 0 Å². The average Bonchev–Trinajstić information content (AvgIpc) is 2.86. The lowest BCUT2D eigenvalue weighted by atomic mass is 10.1. The number of ether oxygens (including phenoxy) is 1. The van der Waals surface area contributed by atoms with Gasteiger partial charge in [0.05, 0.1) is 10.2 Å². The molecule has 0 radical (unpaired) electrons. The zero-order valence-electron chi connectivity index (χ0n) is 13.2. The predicted molar refractivity (Wildman–Crippen MR) is 95.5 cm³/mol. The van der Waals surface area contributed by atoms with Crippen LogP contribution in [0.15, 0.2) is 58.6 Å². The Kier molecular flexibility index (Phi) is 4.67. The van der Waals surface area contributed by atoms with Crippen molar-refractivity contribution >= 4 is 45.5 Å². The van der Waals surface area contributed by atoms with Crippen LogP contribution in [0, 0.1) is 0 Å². The molecule has 2 amide bonds. The van der Waals surface area contributed by atoms with Gasteiger partial charge in [0.2, 0.25) is 0 Å². The molecule has 2 aromatic carbocycles. The monoisotopic (exact) mass is 400 g/mol. The number of anilines is 1. The number of nitrogens with one attached hydrogen (secondary N) is 1. The summed E-state index contributed by atoms with van der Waals surface area (Å²) in [5.41, 5.74) is 3.76. The van der Waals surface area contributed by atoms with Gasteiger partial charge in [-0.1, -0.05) is 24.3 Å². The van der Waals surface area contributed by atoms with Crippen LogP contribution in [0.4, 0.5) is 5.69 Å². The van der Waals surface area contributed by atoms with Gasteiger partial charge in [-0.3, -0.25) is 19.8 Å². The van der Waals surface area contributed by atoms with Crippen LogP contribution in [0.5, 0.6) is 5.75 Å². The smallest absolute Gasteiger partial charge is 0.308 e. The summed E-state index contributed by atoms with van der Waals surface area (Å²) in [6, 6.07) is 13.7. The highest BCUT2D eigenvalue weighted by Gasteiger charge is 2.34. The molecule has 6 nitrogen and oxygen atoms in total. The highest BCUT2D eigenvalue weighted by Crippen LogP contribution is 2.28. The third-order valence-corrected chi connectivity index (χ3v) is 4.05. The SMILES string of the molecule is CC(=O)Oc1ccc(C=C2C(=O)NN(c3ccccc3)C2=O)cc1Br. The number of benzene rings is 2. The largest absolute Gasteiger partial charge is 0.426 e. The summed E-state index contributed by atoms with van der Waals surface area (Å²) >= 11 is 3.30. The molecule has 1 saturated heterocycles. The summed E-state index contributed by atoms with van der Waals surface area (Å²) < 4.78 is 5.57. The van der Waals surface area contributed by atoms with Crippen LogP contribution >= 0.6 is 15.9 Å². The van der Waals surface area contributed by atoms with Crippen molar-refractivity contribution in [1.82, 2.24) is 5.43 Å². The molecule has 0 spiro atoms. The highest BCUT2D eigenvalue weighted by molar-refractivity contribution is 9.10. The second kappa shape index (κ2) is 6.90. The van der Waals surface area contributed by atoms with Crippen LogP contribution in [-0.2, 0) is 14.4 Å². The second-order valence-corrected chi connectivity index (χ2v) is 6.11. The van der Waals surface area contributed by atoms with E-state index in [1.165, 1.54) is 18.0 Å². The Morgan fingerprint density at radius 1 is 1.16 bits per heavy atom. The third kappa shape index (κ3) is 3.61. The predicted octanol–water partition coefficient (Wildman–Crippen LogP) is 2.84. The third-order valence-electron chi connectivity index (χ3n) is 3.43. The van der Waals surface area contributed by atoms with E-state index >= 15 is 0 Å². The van der Waals surface area contributed by atoms with Gasteiger partial charge in [-0.25, -0.2) is 5.01 Å². The number of para-hydroxylation sites is 1. The fourth-order valence-electron chi connectivity index (χ4n) is 2.33. The summed E-state index contributed by atoms with van der Waals surface area (Å²) in [7, 11) is 0. The van der Waals surface area contributed by atoms with E-state index in [4.69, 9.17) is 4.74 Å². The second-order valence-electron chi connectivity index (χ2n) is 5.26. The van der Waals surface area contributed by atoms with Crippen molar-refractivity contribution in [2.24, 2.45) is 0 Å². The number of carbonyl (C=O) groups is 3. The summed E-state index contributed by atoms with van der Waals surface area (Å²) in [5, 5.41) is 1.20. The van der Waals surface area contributed by atoms with Crippen molar-refractivity contribution in [3.63, 3.8) is 0 Å². The maximum absolute atomic E-state index is 12.5. The molecule has 3 rings (SSSR count). The molecule has 0 aromatic heterocycles. The van der Waals surface area contributed by atoms with Crippen LogP contribution in [0.3, 0.4) is 0 Å². The minimum Gasteiger partial charge on any atom is -0.426 e. The Morgan fingerprint density at radius 2 is 1.88 bits per heavy atom. The van der Waals surface area contributed by atoms with Gasteiger partial charge in [0, 0.05) is 6.92 Å². The van der Waals surface area contributed by atoms with E-state index in [1.54, 1.807) is 42.5 Å². The van der Waals surface area contributed by atoms with Crippen molar-refractivity contribution in [3.8, 4) is 5.75 Å². The molecular formula is C18H13BrN2O4. The van der Waals surface area contributed by atoms with Gasteiger partial charge < -0.3 is 4.74 Å². The van der Waals surface area contributed by atoms with E-state index in [2.05, 4.69) is 21.4 Å². The minimum absolute atomic E-state index is 0.0241. The zero-order valence-corrected chi connectivity index (χ0v) is 14.7. The van der Waals surface area contributed by atoms with Gasteiger partial charge in [0.25, 0.3) is 11.8 Å². The zero-order chi connectivity index (χ0) is 18.0. The molecule has 1 N–H and O–H groups in total. The number of halogens is 1. The van der Waals surface area contributed by atoms with Crippen LogP contribution in [0.2, 0.25) is 0 Å². The summed E-state index contributed by atoms with van der Waals surface area (Å²) in [4.78, 5) is 35.7. The maximum Gasteiger partial charge on any atom is 0.308 e. The van der Waals surface area contributed by atoms with E-state index in [9.17, 15) is 14.4 Å². The average molecular weight is 401 g/mol. The standard InChI is InChI=1S/C18H13BrN2O4/c1-11(22)25-16-8-7-12(10-15(16)19)9-14-17(23)20-21(18(14)24)13-5-3-2-4-6-13/h2-10H,1H3,(H,20,23). The number of esters is 1. The first-order valence-electron chi connectivity index (χ1n) is 7.36. The fourth-order valence-corrected chi connectivity index (χ4v) is 2.80. The first-order chi connectivity index (χ1) is 12.0. The molecule has 1 aliphatic rings. The summed E-state index contributed by atoms with van der Waals surface area (Å²) in [6.45, 7) is 1.31. The summed E-state index contributed by atoms with van der Waals surface area (Å²) in [6.07, 6.45) is 1.49. The number of rotatable bonds is 3. The lowest BCUT2D eigenvalue weighted by Gasteiger charge is -2.13. The van der Waals surface area contributed by atoms with E-state index < -0.39 is 17.8 Å². The van der Waals surface area contributed by atoms with Crippen molar-refractivity contribution in [1.29, 1.82) is 0 Å². The van der Waals surface area contributed by atoms with Crippen LogP contribution in [-0.4, -0.2) is 17.8 Å². The van der Waals surface area contributed by atoms with Crippen molar-refractivity contribution < 1.29 is 19.1 Å². The Hall–Kier alpha value is -2.93. The molecule has 1 heterocycles. The normalized spacial score (nSPS) is 15.4. The van der Waals surface area contributed by atoms with Gasteiger partial charge in [-0.15, -0.1) is 0 Å². The Bertz CT molecular complexity index is 893. The Balaban J connectivity index is 1.88. The minimum atomic E-state index is -0.478. The lowest BCUT2D eigenvalue weighted by Crippen LogP contribution is -2.35. The number of hydrogen-bond donors (Lipinski definition) is 1. The number of hydrogen-bond acceptors (Lipinski definition) is 4. The molecule has 1 fully saturated rings. The molecule has 2 aromatic rings. The lowest BCUT2D eigenvalue weighted by molar-refractivity contribution is -0.132. The molecule has 0 atom stereocenters. The molecule has 0 bridgehead atoms. The quantitative estimate of drug-likeness (QED) is 0.372. The van der Waals surface area contributed by atoms with Gasteiger partial charge in [0.1, 0.15) is 11.3 Å². The van der Waals surface area contributed by atoms with E-state index in [0.29, 0.717) is 21.5 Å². The molecular weight excluding hydrogens is 388 g/mol. The van der Waals surface area contributed by atoms with Gasteiger partial charge >= 0.3 is 5.97 Å². The molecule has 7 heteroatoms. The first kappa shape index (κ1) is 16.9. The molecule has 1 aliphatic heterocycles. The first-order valence-corrected chi connectivity index (χ1v) is 8.15. The van der Waals surface area contributed by atoms with Gasteiger partial charge in [-0.05, 0) is 51.8 Å². The maximum atomic E-state index is 12.5. The van der Waals surface area contributed by atoms with Crippen LogP contribution < -0.4 is 15.2 Å². The Labute approximate surface area is 152 Å². The van der Waals surface area contributed by atoms with E-state index in [0.717, 1.165) is 0 Å². The highest BCUT2D eigenvalue weighted by atomic mass is 79.9.